The lowest BCUT2D eigenvalue weighted by atomic mass is 10.0. The number of nitrogens with zero attached hydrogens (tertiary/aromatic N) is 3. The van der Waals surface area contributed by atoms with Gasteiger partial charge in [-0.2, -0.15) is 0 Å². The van der Waals surface area contributed by atoms with Gasteiger partial charge >= 0.3 is 0 Å². The molecule has 3 aliphatic rings. The average Bonchev–Trinajstić information content (AvgIpc) is 3.29. The smallest absolute Gasteiger partial charge is 0.268 e. The molecule has 2 bridgehead atoms. The summed E-state index contributed by atoms with van der Waals surface area (Å²) in [7, 11) is 3.09. The number of benzene rings is 3. The van der Waals surface area contributed by atoms with E-state index in [-0.39, 0.29) is 11.8 Å². The van der Waals surface area contributed by atoms with Gasteiger partial charge in [0.25, 0.3) is 11.8 Å². The highest BCUT2D eigenvalue weighted by Gasteiger charge is 2.44. The zero-order valence-electron chi connectivity index (χ0n) is 20.5. The predicted molar refractivity (Wildman–Crippen MR) is 138 cm³/mol. The molecule has 3 aromatic rings. The third kappa shape index (κ3) is 3.62. The second kappa shape index (κ2) is 8.99. The molecule has 2 unspecified atom stereocenters. The Labute approximate surface area is 210 Å². The average molecular weight is 484 g/mol. The van der Waals surface area contributed by atoms with E-state index in [4.69, 9.17) is 9.47 Å². The molecule has 7 heteroatoms. The van der Waals surface area contributed by atoms with E-state index in [0.29, 0.717) is 40.4 Å². The van der Waals surface area contributed by atoms with E-state index < -0.39 is 0 Å². The van der Waals surface area contributed by atoms with Crippen LogP contribution in [0.5, 0.6) is 11.5 Å². The van der Waals surface area contributed by atoms with Crippen molar-refractivity contribution in [3.63, 3.8) is 0 Å². The van der Waals surface area contributed by atoms with Crippen molar-refractivity contribution in [1.29, 1.82) is 0 Å². The molecule has 0 aromatic heterocycles. The van der Waals surface area contributed by atoms with Crippen molar-refractivity contribution in [2.75, 3.05) is 37.1 Å². The van der Waals surface area contributed by atoms with Crippen molar-refractivity contribution in [2.45, 2.75) is 31.5 Å². The van der Waals surface area contributed by atoms with Crippen LogP contribution in [-0.4, -0.2) is 56.1 Å². The van der Waals surface area contributed by atoms with Gasteiger partial charge in [-0.15, -0.1) is 0 Å². The first kappa shape index (κ1) is 22.6. The van der Waals surface area contributed by atoms with E-state index >= 15 is 0 Å². The Morgan fingerprint density at radius 2 is 1.53 bits per heavy atom. The molecular formula is C29H29N3O4. The van der Waals surface area contributed by atoms with Gasteiger partial charge in [-0.25, -0.2) is 4.90 Å². The van der Waals surface area contributed by atoms with Crippen LogP contribution in [-0.2, 0) is 6.54 Å². The van der Waals surface area contributed by atoms with Crippen LogP contribution in [0.15, 0.2) is 66.7 Å². The van der Waals surface area contributed by atoms with Gasteiger partial charge in [-0.1, -0.05) is 36.4 Å². The number of amides is 2. The summed E-state index contributed by atoms with van der Waals surface area (Å²) >= 11 is 0. The highest BCUT2D eigenvalue weighted by atomic mass is 16.5. The molecule has 0 aliphatic carbocycles. The number of methoxy groups -OCH3 is 2. The van der Waals surface area contributed by atoms with Crippen molar-refractivity contribution >= 4 is 23.2 Å². The lowest BCUT2D eigenvalue weighted by Gasteiger charge is -2.42. The molecule has 0 radical (unpaired) electrons. The van der Waals surface area contributed by atoms with Crippen molar-refractivity contribution in [3.8, 4) is 11.5 Å². The second-order valence-electron chi connectivity index (χ2n) is 9.63. The lowest BCUT2D eigenvalue weighted by molar-refractivity contribution is 0.0926. The number of rotatable bonds is 6. The maximum absolute atomic E-state index is 13.7. The Morgan fingerprint density at radius 1 is 0.806 bits per heavy atom. The van der Waals surface area contributed by atoms with Crippen LogP contribution in [0.2, 0.25) is 0 Å². The van der Waals surface area contributed by atoms with Gasteiger partial charge in [0.1, 0.15) is 0 Å². The Hall–Kier alpha value is -3.84. The van der Waals surface area contributed by atoms with Gasteiger partial charge in [0.2, 0.25) is 0 Å². The van der Waals surface area contributed by atoms with Crippen molar-refractivity contribution in [1.82, 2.24) is 4.90 Å². The van der Waals surface area contributed by atoms with Crippen molar-refractivity contribution < 1.29 is 19.1 Å². The SMILES string of the molecule is COc1ccc(N2C(=O)c3cccc(N4CC5CCC(C4)N5Cc4ccccc4)c3C2=O)cc1OC. The molecule has 184 valence electrons. The van der Waals surface area contributed by atoms with Crippen LogP contribution < -0.4 is 19.3 Å². The number of carbonyl (C=O) groups is 2. The topological polar surface area (TPSA) is 62.3 Å². The van der Waals surface area contributed by atoms with Crippen LogP contribution in [0.25, 0.3) is 0 Å². The Kier molecular flexibility index (Phi) is 5.64. The summed E-state index contributed by atoms with van der Waals surface area (Å²) < 4.78 is 10.7. The fourth-order valence-corrected chi connectivity index (χ4v) is 5.97. The third-order valence-corrected chi connectivity index (χ3v) is 7.70. The number of imide groups is 1. The number of fused-ring (bicyclic) bond motifs is 3. The van der Waals surface area contributed by atoms with Crippen molar-refractivity contribution in [3.05, 3.63) is 83.4 Å². The Balaban J connectivity index is 1.28. The molecule has 2 fully saturated rings. The minimum absolute atomic E-state index is 0.295. The standard InChI is InChI=1S/C29H29N3O4/c1-35-25-14-13-20(15-26(25)36-2)32-28(33)23-9-6-10-24(27(23)29(32)34)30-17-21-11-12-22(18-30)31(21)16-19-7-4-3-5-8-19/h3-10,13-15,21-22H,11-12,16-18H2,1-2H3. The van der Waals surface area contributed by atoms with Gasteiger partial charge in [0, 0.05) is 37.8 Å². The molecule has 0 saturated carbocycles. The number of piperazine rings is 1. The van der Waals surface area contributed by atoms with Gasteiger partial charge in [0.05, 0.1) is 36.7 Å². The molecule has 36 heavy (non-hydrogen) atoms. The zero-order valence-corrected chi connectivity index (χ0v) is 20.5. The summed E-state index contributed by atoms with van der Waals surface area (Å²) in [5, 5.41) is 0. The summed E-state index contributed by atoms with van der Waals surface area (Å²) in [6, 6.07) is 22.2. The van der Waals surface area contributed by atoms with Gasteiger partial charge in [-0.05, 0) is 42.7 Å². The normalized spacial score (nSPS) is 21.2. The number of carbonyl (C=O) groups excluding carboxylic acids is 2. The van der Waals surface area contributed by atoms with Gasteiger partial charge < -0.3 is 14.4 Å². The highest BCUT2D eigenvalue weighted by molar-refractivity contribution is 6.36. The summed E-state index contributed by atoms with van der Waals surface area (Å²) in [6.07, 6.45) is 2.29. The first-order chi connectivity index (χ1) is 17.6. The minimum Gasteiger partial charge on any atom is -0.493 e. The third-order valence-electron chi connectivity index (χ3n) is 7.70. The van der Waals surface area contributed by atoms with E-state index in [1.165, 1.54) is 17.6 Å². The van der Waals surface area contributed by atoms with E-state index in [1.54, 1.807) is 31.4 Å². The largest absolute Gasteiger partial charge is 0.493 e. The van der Waals surface area contributed by atoms with Crippen molar-refractivity contribution in [2.24, 2.45) is 0 Å². The Bertz CT molecular complexity index is 1310. The molecule has 0 spiro atoms. The van der Waals surface area contributed by atoms with Crippen LogP contribution >= 0.6 is 0 Å². The van der Waals surface area contributed by atoms with Crippen LogP contribution in [0, 0.1) is 0 Å². The molecule has 2 amide bonds. The molecule has 2 atom stereocenters. The number of hydrogen-bond acceptors (Lipinski definition) is 6. The van der Waals surface area contributed by atoms with Crippen LogP contribution in [0.4, 0.5) is 11.4 Å². The summed E-state index contributed by atoms with van der Waals surface area (Å²) in [4.78, 5) is 33.3. The fraction of sp³-hybridized carbons (Fsp3) is 0.310. The molecule has 3 heterocycles. The lowest BCUT2D eigenvalue weighted by Crippen LogP contribution is -2.53. The summed E-state index contributed by atoms with van der Waals surface area (Å²) in [5.74, 6) is 0.409. The molecule has 0 N–H and O–H groups in total. The molecule has 3 aliphatic heterocycles. The van der Waals surface area contributed by atoms with E-state index in [2.05, 4.69) is 40.1 Å². The molecule has 7 nitrogen and oxygen atoms in total. The second-order valence-corrected chi connectivity index (χ2v) is 9.63. The van der Waals surface area contributed by atoms with Crippen LogP contribution in [0.1, 0.15) is 39.1 Å². The zero-order chi connectivity index (χ0) is 24.8. The number of ether oxygens (including phenoxy) is 2. The molecule has 2 saturated heterocycles. The molecular weight excluding hydrogens is 454 g/mol. The Morgan fingerprint density at radius 3 is 2.22 bits per heavy atom. The minimum atomic E-state index is -0.310. The number of hydrogen-bond donors (Lipinski definition) is 0. The van der Waals surface area contributed by atoms with Gasteiger partial charge in [0.15, 0.2) is 11.5 Å². The van der Waals surface area contributed by atoms with Crippen LogP contribution in [0.3, 0.4) is 0 Å². The first-order valence-electron chi connectivity index (χ1n) is 12.4. The monoisotopic (exact) mass is 483 g/mol. The molecule has 6 rings (SSSR count). The summed E-state index contributed by atoms with van der Waals surface area (Å²) in [6.45, 7) is 2.64. The fourth-order valence-electron chi connectivity index (χ4n) is 5.97. The maximum Gasteiger partial charge on any atom is 0.268 e. The van der Waals surface area contributed by atoms with Gasteiger partial charge in [-0.3, -0.25) is 14.5 Å². The van der Waals surface area contributed by atoms with E-state index in [0.717, 1.165) is 38.2 Å². The first-order valence-corrected chi connectivity index (χ1v) is 12.4. The molecule has 3 aromatic carbocycles. The highest BCUT2D eigenvalue weighted by Crippen LogP contribution is 2.40. The van der Waals surface area contributed by atoms with E-state index in [1.807, 2.05) is 12.1 Å². The number of anilines is 2. The maximum atomic E-state index is 13.7. The summed E-state index contributed by atoms with van der Waals surface area (Å²) in [5.41, 5.74) is 3.59. The quantitative estimate of drug-likeness (QED) is 0.486. The predicted octanol–water partition coefficient (Wildman–Crippen LogP) is 4.36. The van der Waals surface area contributed by atoms with E-state index in [9.17, 15) is 9.59 Å².